The zero-order valence-corrected chi connectivity index (χ0v) is 22.9. The first-order chi connectivity index (χ1) is 17.6. The second-order valence-electron chi connectivity index (χ2n) is 11.0. The maximum Gasteiger partial charge on any atom is 0.416 e. The monoisotopic (exact) mass is 534 g/mol. The predicted molar refractivity (Wildman–Crippen MR) is 144 cm³/mol. The molecule has 0 radical (unpaired) electrons. The number of hydrogen-bond donors (Lipinski definition) is 1. The van der Waals surface area contributed by atoms with E-state index >= 15 is 0 Å². The van der Waals surface area contributed by atoms with Crippen molar-refractivity contribution in [3.8, 4) is 0 Å². The van der Waals surface area contributed by atoms with Crippen molar-refractivity contribution < 1.29 is 27.9 Å². The van der Waals surface area contributed by atoms with Gasteiger partial charge in [-0.25, -0.2) is 0 Å². The lowest BCUT2D eigenvalue weighted by Gasteiger charge is -2.32. The highest BCUT2D eigenvalue weighted by Gasteiger charge is 2.30. The van der Waals surface area contributed by atoms with Gasteiger partial charge in [-0.05, 0) is 93.2 Å². The third kappa shape index (κ3) is 9.44. The molecule has 2 aromatic carbocycles. The Morgan fingerprint density at radius 2 is 1.63 bits per heavy atom. The molecule has 1 aliphatic heterocycles. The van der Waals surface area contributed by atoms with Crippen molar-refractivity contribution in [2.45, 2.75) is 59.7 Å². The Kier molecular flexibility index (Phi) is 10.9. The number of carboxylic acid groups (broad SMARTS) is 1. The molecular weight excluding hydrogens is 495 g/mol. The number of carbonyl (C=O) groups excluding carboxylic acids is 1. The van der Waals surface area contributed by atoms with Crippen LogP contribution < -0.4 is 4.90 Å². The quantitative estimate of drug-likeness (QED) is 0.430. The van der Waals surface area contributed by atoms with Gasteiger partial charge in [0, 0.05) is 18.3 Å². The lowest BCUT2D eigenvalue weighted by Crippen LogP contribution is -2.37. The lowest BCUT2D eigenvalue weighted by atomic mass is 9.91. The molecule has 0 aliphatic carbocycles. The second kappa shape index (κ2) is 13.2. The number of benzene rings is 2. The highest BCUT2D eigenvalue weighted by atomic mass is 19.4. The van der Waals surface area contributed by atoms with Crippen LogP contribution in [0.25, 0.3) is 5.73 Å². The molecule has 2 N–H and O–H groups in total. The van der Waals surface area contributed by atoms with Gasteiger partial charge in [0.05, 0.1) is 11.5 Å². The van der Waals surface area contributed by atoms with Crippen LogP contribution in [0.3, 0.4) is 0 Å². The molecule has 1 saturated heterocycles. The van der Waals surface area contributed by atoms with Crippen molar-refractivity contribution >= 4 is 17.6 Å². The fourth-order valence-corrected chi connectivity index (χ4v) is 4.11. The molecule has 1 heterocycles. The Bertz CT molecular complexity index is 1070. The topological polar surface area (TPSA) is 84.7 Å². The standard InChI is InChI=1S/C17H16F3N2O.C12H23NO2/c1-11-9-12(3-4-13(11)10-21)16(23)22(2)15-7-5-14(6-8-15)17(18,19)20;1-12(2,3)6-9-13-7-4-10(5-8-13)11(14)15/h3-9,21H,10H2,1-2H3;10H,4-9H2,1-3H3,(H,14,15)/q-1;. The molecule has 0 bridgehead atoms. The Morgan fingerprint density at radius 3 is 2.08 bits per heavy atom. The predicted octanol–water partition coefficient (Wildman–Crippen LogP) is 7.06. The van der Waals surface area contributed by atoms with E-state index < -0.39 is 17.7 Å². The van der Waals surface area contributed by atoms with Gasteiger partial charge in [-0.2, -0.15) is 13.2 Å². The largest absolute Gasteiger partial charge is 0.674 e. The fraction of sp³-hybridized carbons (Fsp3) is 0.517. The first-order valence-electron chi connectivity index (χ1n) is 12.8. The number of nitrogens with zero attached hydrogens (tertiary/aromatic N) is 2. The number of aryl methyl sites for hydroxylation is 1. The van der Waals surface area contributed by atoms with Gasteiger partial charge < -0.3 is 20.6 Å². The van der Waals surface area contributed by atoms with Crippen molar-refractivity contribution in [1.82, 2.24) is 4.90 Å². The van der Waals surface area contributed by atoms with E-state index in [1.54, 1.807) is 18.2 Å². The van der Waals surface area contributed by atoms with Crippen LogP contribution in [0.5, 0.6) is 0 Å². The van der Waals surface area contributed by atoms with E-state index in [1.807, 2.05) is 6.92 Å². The average molecular weight is 535 g/mol. The van der Waals surface area contributed by atoms with Crippen molar-refractivity contribution in [3.63, 3.8) is 0 Å². The molecule has 1 amide bonds. The van der Waals surface area contributed by atoms with Crippen LogP contribution in [0.1, 0.15) is 67.1 Å². The van der Waals surface area contributed by atoms with Gasteiger partial charge in [-0.3, -0.25) is 9.59 Å². The number of carbonyl (C=O) groups is 2. The fourth-order valence-electron chi connectivity index (χ4n) is 4.11. The first-order valence-corrected chi connectivity index (χ1v) is 12.8. The summed E-state index contributed by atoms with van der Waals surface area (Å²) in [5, 5.41) is 8.87. The van der Waals surface area contributed by atoms with Gasteiger partial charge in [0.1, 0.15) is 0 Å². The Hall–Kier alpha value is -2.91. The van der Waals surface area contributed by atoms with E-state index in [9.17, 15) is 22.8 Å². The summed E-state index contributed by atoms with van der Waals surface area (Å²) in [4.78, 5) is 26.9. The molecule has 0 saturated carbocycles. The van der Waals surface area contributed by atoms with Crippen LogP contribution in [0.4, 0.5) is 18.9 Å². The van der Waals surface area contributed by atoms with E-state index in [2.05, 4.69) is 25.7 Å². The molecule has 0 aromatic heterocycles. The lowest BCUT2D eigenvalue weighted by molar-refractivity contribution is -0.143. The van der Waals surface area contributed by atoms with Gasteiger partial charge >= 0.3 is 12.1 Å². The number of amides is 1. The number of nitrogens with one attached hydrogen (secondary N) is 1. The SMILES string of the molecule is CC(C)(C)CCN1CCC(C(=O)O)CC1.Cc1cc(C(=O)N(C)c2ccc(C(F)(F)F)cc2)ccc1C[NH-]. The minimum absolute atomic E-state index is 0.101. The average Bonchev–Trinajstić information content (AvgIpc) is 2.86. The Balaban J connectivity index is 0.000000293. The molecule has 1 aliphatic rings. The molecule has 3 rings (SSSR count). The highest BCUT2D eigenvalue weighted by Crippen LogP contribution is 2.30. The molecular formula is C29H39F3N3O3-. The number of piperidine rings is 1. The van der Waals surface area contributed by atoms with Crippen molar-refractivity contribution in [2.24, 2.45) is 11.3 Å². The first kappa shape index (κ1) is 31.3. The molecule has 9 heteroatoms. The number of alkyl halides is 3. The summed E-state index contributed by atoms with van der Waals surface area (Å²) >= 11 is 0. The maximum atomic E-state index is 12.6. The summed E-state index contributed by atoms with van der Waals surface area (Å²) in [6.45, 7) is 11.7. The number of anilines is 1. The van der Waals surface area contributed by atoms with E-state index in [0.29, 0.717) is 16.7 Å². The zero-order valence-electron chi connectivity index (χ0n) is 22.9. The molecule has 1 fully saturated rings. The van der Waals surface area contributed by atoms with Crippen LogP contribution in [0.2, 0.25) is 0 Å². The molecule has 0 atom stereocenters. The molecule has 6 nitrogen and oxygen atoms in total. The van der Waals surface area contributed by atoms with Crippen LogP contribution in [-0.2, 0) is 17.5 Å². The number of aliphatic carboxylic acids is 1. The van der Waals surface area contributed by atoms with Gasteiger partial charge in [-0.1, -0.05) is 32.4 Å². The molecule has 38 heavy (non-hydrogen) atoms. The summed E-state index contributed by atoms with van der Waals surface area (Å²) in [6, 6.07) is 9.47. The van der Waals surface area contributed by atoms with Crippen LogP contribution in [-0.4, -0.2) is 48.6 Å². The minimum Gasteiger partial charge on any atom is -0.674 e. The smallest absolute Gasteiger partial charge is 0.416 e. The number of likely N-dealkylation sites (tertiary alicyclic amines) is 1. The van der Waals surface area contributed by atoms with Gasteiger partial charge in [0.25, 0.3) is 5.91 Å². The van der Waals surface area contributed by atoms with Crippen molar-refractivity contribution in [1.29, 1.82) is 0 Å². The third-order valence-electron chi connectivity index (χ3n) is 6.78. The van der Waals surface area contributed by atoms with Crippen LogP contribution in [0.15, 0.2) is 42.5 Å². The van der Waals surface area contributed by atoms with E-state index in [-0.39, 0.29) is 18.4 Å². The summed E-state index contributed by atoms with van der Waals surface area (Å²) in [5.41, 5.74) is 9.48. The van der Waals surface area contributed by atoms with Gasteiger partial charge in [0.2, 0.25) is 0 Å². The van der Waals surface area contributed by atoms with E-state index in [4.69, 9.17) is 10.8 Å². The highest BCUT2D eigenvalue weighted by molar-refractivity contribution is 6.05. The van der Waals surface area contributed by atoms with E-state index in [1.165, 1.54) is 30.5 Å². The Morgan fingerprint density at radius 1 is 1.05 bits per heavy atom. The minimum atomic E-state index is -4.40. The summed E-state index contributed by atoms with van der Waals surface area (Å²) in [7, 11) is 1.51. The Labute approximate surface area is 223 Å². The number of hydrogen-bond acceptors (Lipinski definition) is 3. The normalized spacial score (nSPS) is 15.0. The van der Waals surface area contributed by atoms with Crippen molar-refractivity contribution in [3.05, 3.63) is 70.5 Å². The summed E-state index contributed by atoms with van der Waals surface area (Å²) in [5.74, 6) is -1.04. The number of halogens is 3. The van der Waals surface area contributed by atoms with Crippen LogP contribution in [0, 0.1) is 18.3 Å². The molecule has 2 aromatic rings. The second-order valence-corrected chi connectivity index (χ2v) is 11.0. The third-order valence-corrected chi connectivity index (χ3v) is 6.78. The summed E-state index contributed by atoms with van der Waals surface area (Å²) in [6.07, 6.45) is -1.58. The molecule has 0 spiro atoms. The van der Waals surface area contributed by atoms with Crippen LogP contribution >= 0.6 is 0 Å². The van der Waals surface area contributed by atoms with Gasteiger partial charge in [-0.15, -0.1) is 6.54 Å². The number of carboxylic acids is 1. The van der Waals surface area contributed by atoms with Crippen molar-refractivity contribution in [2.75, 3.05) is 31.6 Å². The molecule has 210 valence electrons. The zero-order chi connectivity index (χ0) is 28.7. The molecule has 0 unspecified atom stereocenters. The van der Waals surface area contributed by atoms with Gasteiger partial charge in [0.15, 0.2) is 0 Å². The summed E-state index contributed by atoms with van der Waals surface area (Å²) < 4.78 is 37.7. The van der Waals surface area contributed by atoms with E-state index in [0.717, 1.165) is 55.7 Å². The maximum absolute atomic E-state index is 12.6. The number of rotatable bonds is 6.